The van der Waals surface area contributed by atoms with Gasteiger partial charge in [0.1, 0.15) is 6.33 Å². The Morgan fingerprint density at radius 2 is 1.73 bits per heavy atom. The first-order chi connectivity index (χ1) is 7.36. The molecule has 2 aromatic heterocycles. The number of aliphatic hydroxyl groups excluding tert-OH is 1. The monoisotopic (exact) mass is 201 g/mol. The number of hydrogen-bond donors (Lipinski definition) is 1. The van der Waals surface area contributed by atoms with Crippen LogP contribution in [-0.2, 0) is 6.42 Å². The number of rotatable bonds is 3. The van der Waals surface area contributed by atoms with Crippen molar-refractivity contribution in [2.24, 2.45) is 0 Å². The second-order valence-corrected chi connectivity index (χ2v) is 3.25. The Bertz CT molecular complexity index is 405. The molecule has 0 radical (unpaired) electrons. The molecule has 0 bridgehead atoms. The molecule has 0 aliphatic rings. The maximum atomic E-state index is 9.87. The van der Waals surface area contributed by atoms with Crippen molar-refractivity contribution >= 4 is 0 Å². The van der Waals surface area contributed by atoms with Crippen LogP contribution in [0.4, 0.5) is 0 Å². The molecule has 76 valence electrons. The Labute approximate surface area is 87.7 Å². The molecule has 2 rings (SSSR count). The maximum absolute atomic E-state index is 9.87. The van der Waals surface area contributed by atoms with E-state index in [1.807, 2.05) is 12.1 Å². The molecule has 0 saturated carbocycles. The van der Waals surface area contributed by atoms with Crippen molar-refractivity contribution in [2.75, 3.05) is 0 Å². The first-order valence-corrected chi connectivity index (χ1v) is 4.68. The van der Waals surface area contributed by atoms with Gasteiger partial charge in [0.25, 0.3) is 0 Å². The van der Waals surface area contributed by atoms with Gasteiger partial charge in [0.15, 0.2) is 0 Å². The molecule has 1 unspecified atom stereocenters. The summed E-state index contributed by atoms with van der Waals surface area (Å²) in [7, 11) is 0. The maximum Gasteiger partial charge on any atom is 0.115 e. The Balaban J connectivity index is 2.08. The molecule has 15 heavy (non-hydrogen) atoms. The molecule has 0 saturated heterocycles. The SMILES string of the molecule is OC(Cc1ccncc1)c1cncnc1. The zero-order valence-electron chi connectivity index (χ0n) is 8.11. The Hall–Kier alpha value is -1.81. The molecule has 0 spiro atoms. The van der Waals surface area contributed by atoms with Crippen molar-refractivity contribution in [3.8, 4) is 0 Å². The van der Waals surface area contributed by atoms with Crippen LogP contribution < -0.4 is 0 Å². The fraction of sp³-hybridized carbons (Fsp3) is 0.182. The summed E-state index contributed by atoms with van der Waals surface area (Å²) in [5.74, 6) is 0. The van der Waals surface area contributed by atoms with Gasteiger partial charge in [0.2, 0.25) is 0 Å². The molecule has 0 aromatic carbocycles. The van der Waals surface area contributed by atoms with Crippen LogP contribution in [0.3, 0.4) is 0 Å². The minimum Gasteiger partial charge on any atom is -0.388 e. The van der Waals surface area contributed by atoms with Crippen LogP contribution in [0, 0.1) is 0 Å². The topological polar surface area (TPSA) is 58.9 Å². The van der Waals surface area contributed by atoms with Crippen LogP contribution in [0.15, 0.2) is 43.2 Å². The molecule has 4 nitrogen and oxygen atoms in total. The summed E-state index contributed by atoms with van der Waals surface area (Å²) in [5.41, 5.74) is 1.77. The fourth-order valence-electron chi connectivity index (χ4n) is 1.34. The molecule has 1 N–H and O–H groups in total. The van der Waals surface area contributed by atoms with Crippen LogP contribution in [0.1, 0.15) is 17.2 Å². The molecule has 1 atom stereocenters. The van der Waals surface area contributed by atoms with Crippen LogP contribution in [0.5, 0.6) is 0 Å². The summed E-state index contributed by atoms with van der Waals surface area (Å²) in [6.45, 7) is 0. The van der Waals surface area contributed by atoms with Gasteiger partial charge in [-0.3, -0.25) is 4.98 Å². The molecule has 0 amide bonds. The summed E-state index contributed by atoms with van der Waals surface area (Å²) in [4.78, 5) is 11.6. The predicted octanol–water partition coefficient (Wildman–Crippen LogP) is 1.15. The van der Waals surface area contributed by atoms with Gasteiger partial charge >= 0.3 is 0 Å². The second kappa shape index (κ2) is 4.61. The standard InChI is InChI=1S/C11H11N3O/c15-11(10-6-13-8-14-7-10)5-9-1-3-12-4-2-9/h1-4,6-8,11,15H,5H2. The highest BCUT2D eigenvalue weighted by molar-refractivity contribution is 5.15. The smallest absolute Gasteiger partial charge is 0.115 e. The quantitative estimate of drug-likeness (QED) is 0.809. The molecule has 2 heterocycles. The van der Waals surface area contributed by atoms with E-state index in [1.54, 1.807) is 24.8 Å². The van der Waals surface area contributed by atoms with Gasteiger partial charge in [0.05, 0.1) is 6.10 Å². The zero-order chi connectivity index (χ0) is 10.5. The first kappa shape index (κ1) is 9.73. The van der Waals surface area contributed by atoms with Gasteiger partial charge < -0.3 is 5.11 Å². The lowest BCUT2D eigenvalue weighted by Crippen LogP contribution is -2.02. The fourth-order valence-corrected chi connectivity index (χ4v) is 1.34. The molecule has 0 aliphatic heterocycles. The Morgan fingerprint density at radius 3 is 2.40 bits per heavy atom. The first-order valence-electron chi connectivity index (χ1n) is 4.68. The van der Waals surface area contributed by atoms with Gasteiger partial charge in [-0.15, -0.1) is 0 Å². The van der Waals surface area contributed by atoms with E-state index in [-0.39, 0.29) is 0 Å². The third-order valence-corrected chi connectivity index (χ3v) is 2.14. The lowest BCUT2D eigenvalue weighted by Gasteiger charge is -2.09. The lowest BCUT2D eigenvalue weighted by atomic mass is 10.1. The van der Waals surface area contributed by atoms with Crippen molar-refractivity contribution in [3.63, 3.8) is 0 Å². The van der Waals surface area contributed by atoms with Gasteiger partial charge in [-0.05, 0) is 17.7 Å². The normalized spacial score (nSPS) is 12.3. The third-order valence-electron chi connectivity index (χ3n) is 2.14. The van der Waals surface area contributed by atoms with E-state index in [4.69, 9.17) is 0 Å². The predicted molar refractivity (Wildman–Crippen MR) is 54.9 cm³/mol. The number of hydrogen-bond acceptors (Lipinski definition) is 4. The van der Waals surface area contributed by atoms with E-state index < -0.39 is 6.10 Å². The highest BCUT2D eigenvalue weighted by Crippen LogP contribution is 2.15. The van der Waals surface area contributed by atoms with E-state index >= 15 is 0 Å². The van der Waals surface area contributed by atoms with Gasteiger partial charge in [-0.25, -0.2) is 9.97 Å². The van der Waals surface area contributed by atoms with E-state index in [2.05, 4.69) is 15.0 Å². The van der Waals surface area contributed by atoms with Gasteiger partial charge in [0, 0.05) is 36.8 Å². The number of aromatic nitrogens is 3. The second-order valence-electron chi connectivity index (χ2n) is 3.25. The molecule has 4 heteroatoms. The summed E-state index contributed by atoms with van der Waals surface area (Å²) >= 11 is 0. The van der Waals surface area contributed by atoms with Crippen molar-refractivity contribution < 1.29 is 5.11 Å². The summed E-state index contributed by atoms with van der Waals surface area (Å²) < 4.78 is 0. The average Bonchev–Trinajstić information content (AvgIpc) is 2.31. The molecule has 0 fully saturated rings. The highest BCUT2D eigenvalue weighted by Gasteiger charge is 2.08. The highest BCUT2D eigenvalue weighted by atomic mass is 16.3. The number of pyridine rings is 1. The van der Waals surface area contributed by atoms with E-state index in [1.165, 1.54) is 6.33 Å². The van der Waals surface area contributed by atoms with Crippen molar-refractivity contribution in [3.05, 3.63) is 54.4 Å². The lowest BCUT2D eigenvalue weighted by molar-refractivity contribution is 0.177. The molecule has 2 aromatic rings. The summed E-state index contributed by atoms with van der Waals surface area (Å²) in [5, 5.41) is 9.87. The van der Waals surface area contributed by atoms with Crippen molar-refractivity contribution in [1.82, 2.24) is 15.0 Å². The third kappa shape index (κ3) is 2.57. The minimum atomic E-state index is -0.561. The molecular weight excluding hydrogens is 190 g/mol. The van der Waals surface area contributed by atoms with E-state index in [0.717, 1.165) is 11.1 Å². The Morgan fingerprint density at radius 1 is 1.07 bits per heavy atom. The van der Waals surface area contributed by atoms with Crippen molar-refractivity contribution in [1.29, 1.82) is 0 Å². The van der Waals surface area contributed by atoms with Crippen LogP contribution in [0.2, 0.25) is 0 Å². The number of nitrogens with zero attached hydrogens (tertiary/aromatic N) is 3. The van der Waals surface area contributed by atoms with Crippen molar-refractivity contribution in [2.45, 2.75) is 12.5 Å². The van der Waals surface area contributed by atoms with Crippen LogP contribution in [0.25, 0.3) is 0 Å². The summed E-state index contributed by atoms with van der Waals surface area (Å²) in [6.07, 6.45) is 8.11. The Kier molecular flexibility index (Phi) is 2.99. The van der Waals surface area contributed by atoms with Gasteiger partial charge in [-0.1, -0.05) is 0 Å². The summed E-state index contributed by atoms with van der Waals surface area (Å²) in [6, 6.07) is 3.76. The largest absolute Gasteiger partial charge is 0.388 e. The van der Waals surface area contributed by atoms with E-state index in [0.29, 0.717) is 6.42 Å². The van der Waals surface area contributed by atoms with E-state index in [9.17, 15) is 5.11 Å². The van der Waals surface area contributed by atoms with Gasteiger partial charge in [-0.2, -0.15) is 0 Å². The molecular formula is C11H11N3O. The zero-order valence-corrected chi connectivity index (χ0v) is 8.11. The average molecular weight is 201 g/mol. The molecule has 0 aliphatic carbocycles. The minimum absolute atomic E-state index is 0.551. The van der Waals surface area contributed by atoms with Crippen LogP contribution in [-0.4, -0.2) is 20.1 Å². The van der Waals surface area contributed by atoms with Crippen LogP contribution >= 0.6 is 0 Å². The number of aliphatic hydroxyl groups is 1.